The highest BCUT2D eigenvalue weighted by atomic mass is 16.2. The molecule has 6 heteroatoms. The molecule has 2 aromatic rings. The van der Waals surface area contributed by atoms with E-state index in [9.17, 15) is 9.59 Å². The minimum absolute atomic E-state index is 0.0385. The van der Waals surface area contributed by atoms with E-state index in [4.69, 9.17) is 0 Å². The lowest BCUT2D eigenvalue weighted by molar-refractivity contribution is -0.141. The fourth-order valence-corrected chi connectivity index (χ4v) is 4.10. The summed E-state index contributed by atoms with van der Waals surface area (Å²) in [7, 11) is 0. The fraction of sp³-hybridized carbons (Fsp3) is 0.476. The van der Waals surface area contributed by atoms with Crippen LogP contribution in [0.4, 0.5) is 0 Å². The van der Waals surface area contributed by atoms with Crippen LogP contribution in [0.15, 0.2) is 36.5 Å². The number of aromatic amines is 1. The van der Waals surface area contributed by atoms with Crippen LogP contribution >= 0.6 is 0 Å². The van der Waals surface area contributed by atoms with Crippen LogP contribution in [0.25, 0.3) is 0 Å². The minimum Gasteiger partial charge on any atom is -0.343 e. The number of aryl methyl sites for hydroxylation is 1. The number of nitrogens with one attached hydrogen (secondary N) is 1. The second kappa shape index (κ2) is 7.94. The number of fused-ring (bicyclic) bond motifs is 1. The summed E-state index contributed by atoms with van der Waals surface area (Å²) in [6.45, 7) is 2.79. The average molecular weight is 366 g/mol. The molecule has 1 aromatic carbocycles. The molecule has 2 amide bonds. The Labute approximate surface area is 159 Å². The molecule has 0 unspecified atom stereocenters. The third-order valence-corrected chi connectivity index (χ3v) is 5.78. The van der Waals surface area contributed by atoms with Crippen LogP contribution in [0.2, 0.25) is 0 Å². The summed E-state index contributed by atoms with van der Waals surface area (Å²) in [5, 5.41) is 7.08. The number of likely N-dealkylation sites (tertiary alicyclic amines) is 1. The van der Waals surface area contributed by atoms with Gasteiger partial charge in [-0.1, -0.05) is 30.3 Å². The summed E-state index contributed by atoms with van der Waals surface area (Å²) in [6.07, 6.45) is 5.52. The van der Waals surface area contributed by atoms with Gasteiger partial charge in [-0.2, -0.15) is 5.10 Å². The van der Waals surface area contributed by atoms with E-state index >= 15 is 0 Å². The number of hydrogen-bond acceptors (Lipinski definition) is 3. The molecule has 27 heavy (non-hydrogen) atoms. The maximum Gasteiger partial charge on any atom is 0.226 e. The van der Waals surface area contributed by atoms with Crippen LogP contribution < -0.4 is 0 Å². The van der Waals surface area contributed by atoms with E-state index in [1.54, 1.807) is 0 Å². The average Bonchev–Trinajstić information content (AvgIpc) is 3.20. The maximum absolute atomic E-state index is 12.9. The van der Waals surface area contributed by atoms with Crippen molar-refractivity contribution in [1.29, 1.82) is 0 Å². The number of nitrogens with zero attached hydrogens (tertiary/aromatic N) is 3. The van der Waals surface area contributed by atoms with Crippen molar-refractivity contribution in [2.45, 2.75) is 38.6 Å². The Kier molecular flexibility index (Phi) is 5.23. The monoisotopic (exact) mass is 366 g/mol. The molecule has 1 fully saturated rings. The molecule has 0 radical (unpaired) electrons. The zero-order valence-corrected chi connectivity index (χ0v) is 15.6. The molecule has 0 aliphatic carbocycles. The number of hydrogen-bond donors (Lipinski definition) is 1. The topological polar surface area (TPSA) is 69.3 Å². The molecule has 2 aliphatic rings. The van der Waals surface area contributed by atoms with Crippen LogP contribution in [0.5, 0.6) is 0 Å². The third-order valence-electron chi connectivity index (χ3n) is 5.78. The zero-order valence-electron chi connectivity index (χ0n) is 15.6. The smallest absolute Gasteiger partial charge is 0.226 e. The van der Waals surface area contributed by atoms with Crippen molar-refractivity contribution in [1.82, 2.24) is 20.0 Å². The van der Waals surface area contributed by atoms with Gasteiger partial charge in [-0.15, -0.1) is 0 Å². The molecule has 142 valence electrons. The minimum atomic E-state index is 0.0385. The lowest BCUT2D eigenvalue weighted by Gasteiger charge is -2.35. The lowest BCUT2D eigenvalue weighted by atomic mass is 9.94. The Morgan fingerprint density at radius 1 is 1.07 bits per heavy atom. The first-order chi connectivity index (χ1) is 13.2. The second-order valence-electron chi connectivity index (χ2n) is 7.52. The van der Waals surface area contributed by atoms with Gasteiger partial charge in [0.15, 0.2) is 0 Å². The Morgan fingerprint density at radius 3 is 2.63 bits per heavy atom. The molecular formula is C21H26N4O2. The van der Waals surface area contributed by atoms with Crippen molar-refractivity contribution >= 4 is 11.8 Å². The van der Waals surface area contributed by atoms with Crippen molar-refractivity contribution in [3.63, 3.8) is 0 Å². The molecule has 1 saturated heterocycles. The van der Waals surface area contributed by atoms with Crippen LogP contribution in [0.1, 0.15) is 36.1 Å². The molecule has 0 spiro atoms. The van der Waals surface area contributed by atoms with Crippen molar-refractivity contribution in [3.8, 4) is 0 Å². The van der Waals surface area contributed by atoms with Gasteiger partial charge >= 0.3 is 0 Å². The first-order valence-corrected chi connectivity index (χ1v) is 9.82. The largest absolute Gasteiger partial charge is 0.343 e. The Balaban J connectivity index is 1.25. The normalized spacial score (nSPS) is 17.6. The fourth-order valence-electron chi connectivity index (χ4n) is 4.10. The summed E-state index contributed by atoms with van der Waals surface area (Å²) in [5.41, 5.74) is 3.47. The van der Waals surface area contributed by atoms with Gasteiger partial charge in [0.1, 0.15) is 0 Å². The van der Waals surface area contributed by atoms with Gasteiger partial charge in [0.2, 0.25) is 11.8 Å². The molecule has 2 aliphatic heterocycles. The molecule has 4 rings (SSSR count). The zero-order chi connectivity index (χ0) is 18.6. The number of piperidine rings is 1. The van der Waals surface area contributed by atoms with E-state index in [1.165, 1.54) is 5.56 Å². The number of amides is 2. The van der Waals surface area contributed by atoms with Crippen molar-refractivity contribution < 1.29 is 9.59 Å². The quantitative estimate of drug-likeness (QED) is 0.902. The number of H-pyrrole nitrogens is 1. The second-order valence-corrected chi connectivity index (χ2v) is 7.52. The number of rotatable bonds is 4. The standard InChI is InChI=1S/C21H26N4O2/c26-20(7-6-16-4-2-1-3-5-16)24-11-8-17(9-12-24)21(27)25-13-10-19-18(15-25)14-22-23-19/h1-5,14,17H,6-13,15H2,(H,22,23). The SMILES string of the molecule is O=C(CCc1ccccc1)N1CCC(C(=O)N2CCc3[nH]ncc3C2)CC1. The molecule has 1 N–H and O–H groups in total. The van der Waals surface area contributed by atoms with Gasteiger partial charge in [0.25, 0.3) is 0 Å². The molecule has 1 aromatic heterocycles. The first-order valence-electron chi connectivity index (χ1n) is 9.82. The predicted molar refractivity (Wildman–Crippen MR) is 102 cm³/mol. The van der Waals surface area contributed by atoms with E-state index in [0.29, 0.717) is 26.1 Å². The van der Waals surface area contributed by atoms with Crippen LogP contribution in [0, 0.1) is 5.92 Å². The highest BCUT2D eigenvalue weighted by Crippen LogP contribution is 2.24. The van der Waals surface area contributed by atoms with Gasteiger partial charge < -0.3 is 9.80 Å². The highest BCUT2D eigenvalue weighted by Gasteiger charge is 2.31. The van der Waals surface area contributed by atoms with Gasteiger partial charge in [0.05, 0.1) is 6.20 Å². The summed E-state index contributed by atoms with van der Waals surface area (Å²) >= 11 is 0. The Hall–Kier alpha value is -2.63. The molecule has 6 nitrogen and oxygen atoms in total. The Bertz CT molecular complexity index is 794. The van der Waals surface area contributed by atoms with Gasteiger partial charge in [-0.05, 0) is 24.8 Å². The number of benzene rings is 1. The summed E-state index contributed by atoms with van der Waals surface area (Å²) in [4.78, 5) is 29.2. The van der Waals surface area contributed by atoms with E-state index < -0.39 is 0 Å². The van der Waals surface area contributed by atoms with Crippen LogP contribution in [-0.2, 0) is 29.0 Å². The number of carbonyl (C=O) groups excluding carboxylic acids is 2. The highest BCUT2D eigenvalue weighted by molar-refractivity contribution is 5.80. The van der Waals surface area contributed by atoms with E-state index in [-0.39, 0.29) is 17.7 Å². The molecular weight excluding hydrogens is 340 g/mol. The Morgan fingerprint density at radius 2 is 1.85 bits per heavy atom. The third kappa shape index (κ3) is 4.04. The van der Waals surface area contributed by atoms with Gasteiger partial charge in [0, 0.05) is 56.2 Å². The van der Waals surface area contributed by atoms with Crippen LogP contribution in [0.3, 0.4) is 0 Å². The van der Waals surface area contributed by atoms with Crippen molar-refractivity contribution in [3.05, 3.63) is 53.3 Å². The summed E-state index contributed by atoms with van der Waals surface area (Å²) in [5.74, 6) is 0.473. The van der Waals surface area contributed by atoms with Crippen molar-refractivity contribution in [2.75, 3.05) is 19.6 Å². The first kappa shape index (κ1) is 17.8. The molecule has 0 bridgehead atoms. The lowest BCUT2D eigenvalue weighted by Crippen LogP contribution is -2.45. The molecule has 3 heterocycles. The molecule has 0 atom stereocenters. The predicted octanol–water partition coefficient (Wildman–Crippen LogP) is 2.17. The number of aromatic nitrogens is 2. The summed E-state index contributed by atoms with van der Waals surface area (Å²) < 4.78 is 0. The van der Waals surface area contributed by atoms with E-state index in [2.05, 4.69) is 22.3 Å². The summed E-state index contributed by atoms with van der Waals surface area (Å²) in [6, 6.07) is 10.1. The van der Waals surface area contributed by atoms with Gasteiger partial charge in [-0.25, -0.2) is 0 Å². The van der Waals surface area contributed by atoms with Crippen molar-refractivity contribution in [2.24, 2.45) is 5.92 Å². The van der Waals surface area contributed by atoms with Crippen LogP contribution in [-0.4, -0.2) is 51.4 Å². The van der Waals surface area contributed by atoms with E-state index in [1.807, 2.05) is 34.2 Å². The van der Waals surface area contributed by atoms with Gasteiger partial charge in [-0.3, -0.25) is 14.7 Å². The van der Waals surface area contributed by atoms with E-state index in [0.717, 1.165) is 43.5 Å². The maximum atomic E-state index is 12.9. The number of carbonyl (C=O) groups is 2. The molecule has 0 saturated carbocycles.